The summed E-state index contributed by atoms with van der Waals surface area (Å²) >= 11 is 0. The Hall–Kier alpha value is -2.20. The van der Waals surface area contributed by atoms with E-state index < -0.39 is 5.97 Å². The molecule has 0 spiro atoms. The molecule has 0 bridgehead atoms. The Morgan fingerprint density at radius 1 is 0.828 bits per heavy atom. The summed E-state index contributed by atoms with van der Waals surface area (Å²) in [6, 6.07) is 0.715. The molecule has 4 heterocycles. The monoisotopic (exact) mass is 404 g/mol. The molecule has 0 aromatic carbocycles. The van der Waals surface area contributed by atoms with Gasteiger partial charge in [0.25, 0.3) is 0 Å². The highest BCUT2D eigenvalue weighted by Gasteiger charge is 2.27. The number of hydrogen-bond acceptors (Lipinski definition) is 9. The number of aromatic nitrogens is 3. The molecule has 0 aliphatic carbocycles. The molecule has 1 aromatic rings. The van der Waals surface area contributed by atoms with Crippen molar-refractivity contribution < 1.29 is 9.90 Å². The molecule has 3 aliphatic rings. The summed E-state index contributed by atoms with van der Waals surface area (Å²) in [5.41, 5.74) is 0. The van der Waals surface area contributed by atoms with E-state index in [1.54, 1.807) is 0 Å². The summed E-state index contributed by atoms with van der Waals surface area (Å²) in [6.45, 7) is 5.30. The van der Waals surface area contributed by atoms with Crippen molar-refractivity contribution in [3.05, 3.63) is 0 Å². The lowest BCUT2D eigenvalue weighted by molar-refractivity contribution is -0.142. The van der Waals surface area contributed by atoms with Crippen LogP contribution in [0.1, 0.15) is 38.5 Å². The van der Waals surface area contributed by atoms with Gasteiger partial charge in [0.15, 0.2) is 0 Å². The molecule has 3 fully saturated rings. The second kappa shape index (κ2) is 9.53. The van der Waals surface area contributed by atoms with Crippen LogP contribution in [-0.2, 0) is 4.79 Å². The van der Waals surface area contributed by atoms with Crippen molar-refractivity contribution in [2.24, 2.45) is 5.92 Å². The van der Waals surface area contributed by atoms with E-state index in [9.17, 15) is 9.90 Å². The number of rotatable bonds is 6. The van der Waals surface area contributed by atoms with Crippen LogP contribution in [-0.4, -0.2) is 77.4 Å². The fourth-order valence-corrected chi connectivity index (χ4v) is 4.26. The molecule has 10 heteroatoms. The lowest BCUT2D eigenvalue weighted by Gasteiger charge is -2.31. The standard InChI is InChI=1S/C19H32N8O2/c28-16(29)13-5-11-27(12-6-13)19-25-17(22-14-1-7-20-8-2-14)24-18(26-19)23-15-3-9-21-10-4-15/h13-15,20-21H,1-12H2,(H,28,29)(H2,22,23,24,25,26). The maximum Gasteiger partial charge on any atom is 0.306 e. The van der Waals surface area contributed by atoms with Gasteiger partial charge in [-0.05, 0) is 64.7 Å². The second-order valence-electron chi connectivity index (χ2n) is 8.22. The fourth-order valence-electron chi connectivity index (χ4n) is 4.26. The predicted molar refractivity (Wildman–Crippen MR) is 111 cm³/mol. The highest BCUT2D eigenvalue weighted by Crippen LogP contribution is 2.23. The van der Waals surface area contributed by atoms with Crippen LogP contribution in [0.25, 0.3) is 0 Å². The highest BCUT2D eigenvalue weighted by molar-refractivity contribution is 5.70. The van der Waals surface area contributed by atoms with Gasteiger partial charge in [-0.2, -0.15) is 15.0 Å². The van der Waals surface area contributed by atoms with E-state index in [0.29, 0.717) is 55.9 Å². The number of anilines is 3. The molecule has 3 saturated heterocycles. The quantitative estimate of drug-likeness (QED) is 0.457. The highest BCUT2D eigenvalue weighted by atomic mass is 16.4. The first-order valence-corrected chi connectivity index (χ1v) is 10.9. The van der Waals surface area contributed by atoms with Crippen LogP contribution in [0.4, 0.5) is 17.8 Å². The van der Waals surface area contributed by atoms with Crippen molar-refractivity contribution in [3.63, 3.8) is 0 Å². The van der Waals surface area contributed by atoms with Gasteiger partial charge in [-0.1, -0.05) is 0 Å². The van der Waals surface area contributed by atoms with Gasteiger partial charge >= 0.3 is 5.97 Å². The predicted octanol–water partition coefficient (Wildman–Crippen LogP) is 0.500. The molecule has 160 valence electrons. The third kappa shape index (κ3) is 5.45. The number of aliphatic carboxylic acids is 1. The smallest absolute Gasteiger partial charge is 0.306 e. The Morgan fingerprint density at radius 3 is 1.76 bits per heavy atom. The summed E-state index contributed by atoms with van der Waals surface area (Å²) < 4.78 is 0. The van der Waals surface area contributed by atoms with Crippen molar-refractivity contribution in [1.82, 2.24) is 25.6 Å². The van der Waals surface area contributed by atoms with Crippen molar-refractivity contribution >= 4 is 23.8 Å². The Kier molecular flexibility index (Phi) is 6.60. The number of carboxylic acids is 1. The molecule has 0 atom stereocenters. The number of piperidine rings is 3. The fraction of sp³-hybridized carbons (Fsp3) is 0.789. The first-order valence-electron chi connectivity index (χ1n) is 10.9. The summed E-state index contributed by atoms with van der Waals surface area (Å²) in [5.74, 6) is 0.878. The number of carboxylic acid groups (broad SMARTS) is 1. The molecule has 0 saturated carbocycles. The minimum Gasteiger partial charge on any atom is -0.481 e. The average Bonchev–Trinajstić information content (AvgIpc) is 2.75. The SMILES string of the molecule is O=C(O)C1CCN(c2nc(NC3CCNCC3)nc(NC3CCNCC3)n2)CC1. The molecule has 5 N–H and O–H groups in total. The van der Waals surface area contributed by atoms with E-state index >= 15 is 0 Å². The Bertz CT molecular complexity index is 645. The summed E-state index contributed by atoms with van der Waals surface area (Å²) in [5, 5.41) is 23.0. The zero-order chi connectivity index (χ0) is 20.1. The third-order valence-corrected chi connectivity index (χ3v) is 6.10. The number of carbonyl (C=O) groups is 1. The Morgan fingerprint density at radius 2 is 1.31 bits per heavy atom. The van der Waals surface area contributed by atoms with Crippen LogP contribution in [0.2, 0.25) is 0 Å². The molecule has 29 heavy (non-hydrogen) atoms. The van der Waals surface area contributed by atoms with Crippen LogP contribution in [0.3, 0.4) is 0 Å². The van der Waals surface area contributed by atoms with Gasteiger partial charge in [0, 0.05) is 25.2 Å². The van der Waals surface area contributed by atoms with Gasteiger partial charge < -0.3 is 31.3 Å². The second-order valence-corrected chi connectivity index (χ2v) is 8.22. The van der Waals surface area contributed by atoms with Crippen molar-refractivity contribution in [3.8, 4) is 0 Å². The molecule has 3 aliphatic heterocycles. The largest absolute Gasteiger partial charge is 0.481 e. The van der Waals surface area contributed by atoms with Gasteiger partial charge in [-0.15, -0.1) is 0 Å². The number of hydrogen-bond donors (Lipinski definition) is 5. The maximum absolute atomic E-state index is 11.3. The molecule has 10 nitrogen and oxygen atoms in total. The van der Waals surface area contributed by atoms with Crippen molar-refractivity contribution in [2.75, 3.05) is 54.8 Å². The first kappa shape index (κ1) is 20.1. The Balaban J connectivity index is 1.49. The first-order chi connectivity index (χ1) is 14.2. The van der Waals surface area contributed by atoms with E-state index in [4.69, 9.17) is 0 Å². The minimum absolute atomic E-state index is 0.271. The molecule has 0 amide bonds. The molecule has 0 unspecified atom stereocenters. The lowest BCUT2D eigenvalue weighted by atomic mass is 9.97. The van der Waals surface area contributed by atoms with Gasteiger partial charge in [0.2, 0.25) is 17.8 Å². The van der Waals surface area contributed by atoms with Gasteiger partial charge in [0.05, 0.1) is 5.92 Å². The normalized spacial score (nSPS) is 22.4. The lowest BCUT2D eigenvalue weighted by Crippen LogP contribution is -2.39. The van der Waals surface area contributed by atoms with Crippen LogP contribution in [0.5, 0.6) is 0 Å². The maximum atomic E-state index is 11.3. The third-order valence-electron chi connectivity index (χ3n) is 6.10. The zero-order valence-electron chi connectivity index (χ0n) is 16.9. The zero-order valence-corrected chi connectivity index (χ0v) is 16.9. The van der Waals surface area contributed by atoms with E-state index in [-0.39, 0.29) is 5.92 Å². The van der Waals surface area contributed by atoms with Gasteiger partial charge in [0.1, 0.15) is 0 Å². The van der Waals surface area contributed by atoms with Crippen LogP contribution in [0, 0.1) is 5.92 Å². The van der Waals surface area contributed by atoms with E-state index in [2.05, 4.69) is 41.1 Å². The van der Waals surface area contributed by atoms with Crippen molar-refractivity contribution in [1.29, 1.82) is 0 Å². The number of nitrogens with zero attached hydrogens (tertiary/aromatic N) is 4. The van der Waals surface area contributed by atoms with Crippen LogP contribution >= 0.6 is 0 Å². The molecule has 1 aromatic heterocycles. The molecular weight excluding hydrogens is 372 g/mol. The molecule has 0 radical (unpaired) electrons. The van der Waals surface area contributed by atoms with Crippen LogP contribution < -0.4 is 26.2 Å². The van der Waals surface area contributed by atoms with Crippen molar-refractivity contribution in [2.45, 2.75) is 50.6 Å². The van der Waals surface area contributed by atoms with Gasteiger partial charge in [-0.25, -0.2) is 0 Å². The van der Waals surface area contributed by atoms with E-state index in [1.165, 1.54) is 0 Å². The molecular formula is C19H32N8O2. The van der Waals surface area contributed by atoms with E-state index in [0.717, 1.165) is 51.9 Å². The van der Waals surface area contributed by atoms with Crippen LogP contribution in [0.15, 0.2) is 0 Å². The van der Waals surface area contributed by atoms with E-state index in [1.807, 2.05) is 0 Å². The minimum atomic E-state index is -0.707. The average molecular weight is 405 g/mol. The Labute approximate surface area is 171 Å². The summed E-state index contributed by atoms with van der Waals surface area (Å²) in [7, 11) is 0. The molecule has 4 rings (SSSR count). The summed E-state index contributed by atoms with van der Waals surface area (Å²) in [4.78, 5) is 27.4. The topological polar surface area (TPSA) is 127 Å². The number of nitrogens with one attached hydrogen (secondary N) is 4. The summed E-state index contributed by atoms with van der Waals surface area (Å²) in [6.07, 6.45) is 5.42. The van der Waals surface area contributed by atoms with Gasteiger partial charge in [-0.3, -0.25) is 4.79 Å².